The van der Waals surface area contributed by atoms with Gasteiger partial charge in [-0.25, -0.2) is 4.57 Å². The molecule has 0 atom stereocenters. The molecule has 3 aromatic rings. The number of hydrogen-bond acceptors (Lipinski definition) is 1. The highest BCUT2D eigenvalue weighted by atomic mass is 35.5. The van der Waals surface area contributed by atoms with Crippen molar-refractivity contribution < 1.29 is 4.57 Å². The first-order valence-electron chi connectivity index (χ1n) is 8.04. The van der Waals surface area contributed by atoms with Gasteiger partial charge in [-0.05, 0) is 41.5 Å². The maximum Gasteiger partial charge on any atom is 0.282 e. The molecule has 120 valence electrons. The zero-order valence-electron chi connectivity index (χ0n) is 13.1. The van der Waals surface area contributed by atoms with E-state index < -0.39 is 0 Å². The fourth-order valence-electron chi connectivity index (χ4n) is 3.13. The second-order valence-corrected chi connectivity index (χ2v) is 6.85. The Hall–Kier alpha value is -2.03. The molecule has 0 radical (unpaired) electrons. The number of anilines is 1. The predicted molar refractivity (Wildman–Crippen MR) is 101 cm³/mol. The first kappa shape index (κ1) is 15.5. The van der Waals surface area contributed by atoms with Crippen LogP contribution in [0.2, 0.25) is 10.0 Å². The number of benzene rings is 2. The van der Waals surface area contributed by atoms with Crippen molar-refractivity contribution in [2.24, 2.45) is 0 Å². The van der Waals surface area contributed by atoms with Crippen molar-refractivity contribution >= 4 is 29.0 Å². The van der Waals surface area contributed by atoms with E-state index in [0.717, 1.165) is 40.7 Å². The molecule has 2 aromatic carbocycles. The Labute approximate surface area is 151 Å². The van der Waals surface area contributed by atoms with E-state index in [1.54, 1.807) is 0 Å². The van der Waals surface area contributed by atoms with Crippen LogP contribution in [0.1, 0.15) is 6.42 Å². The number of aryl methyl sites for hydroxylation is 1. The fourth-order valence-corrected chi connectivity index (χ4v) is 3.38. The highest BCUT2D eigenvalue weighted by Gasteiger charge is 2.22. The fraction of sp³-hybridized carbons (Fsp3) is 0.150. The SMILES string of the molecule is Clc1ccc(-c2cc(-c3ccc(Cl)cc3)c3[n+](c2)CCCN3)cc1. The zero-order chi connectivity index (χ0) is 16.5. The Balaban J connectivity index is 1.89. The van der Waals surface area contributed by atoms with E-state index in [4.69, 9.17) is 23.2 Å². The molecule has 0 saturated heterocycles. The van der Waals surface area contributed by atoms with Crippen molar-refractivity contribution in [3.05, 3.63) is 70.8 Å². The molecular weight excluding hydrogens is 339 g/mol. The van der Waals surface area contributed by atoms with E-state index in [0.29, 0.717) is 0 Å². The Bertz CT molecular complexity index is 871. The average molecular weight is 356 g/mol. The number of rotatable bonds is 2. The summed E-state index contributed by atoms with van der Waals surface area (Å²) in [5.41, 5.74) is 4.70. The van der Waals surface area contributed by atoms with E-state index in [1.165, 1.54) is 16.9 Å². The molecule has 2 heterocycles. The summed E-state index contributed by atoms with van der Waals surface area (Å²) in [4.78, 5) is 0. The molecule has 1 N–H and O–H groups in total. The van der Waals surface area contributed by atoms with Crippen LogP contribution in [0.25, 0.3) is 22.3 Å². The van der Waals surface area contributed by atoms with Gasteiger partial charge in [0.25, 0.3) is 5.82 Å². The van der Waals surface area contributed by atoms with Gasteiger partial charge in [-0.1, -0.05) is 47.5 Å². The second-order valence-electron chi connectivity index (χ2n) is 5.98. The Kier molecular flexibility index (Phi) is 4.17. The van der Waals surface area contributed by atoms with Crippen molar-refractivity contribution in [3.8, 4) is 22.3 Å². The molecule has 0 unspecified atom stereocenters. The normalized spacial score (nSPS) is 13.2. The third-order valence-electron chi connectivity index (χ3n) is 4.34. The first-order chi connectivity index (χ1) is 11.7. The van der Waals surface area contributed by atoms with E-state index in [9.17, 15) is 0 Å². The first-order valence-corrected chi connectivity index (χ1v) is 8.79. The lowest BCUT2D eigenvalue weighted by Gasteiger charge is -2.18. The minimum Gasteiger partial charge on any atom is -0.274 e. The van der Waals surface area contributed by atoms with Crippen LogP contribution in [-0.4, -0.2) is 6.54 Å². The van der Waals surface area contributed by atoms with E-state index >= 15 is 0 Å². The number of hydrogen-bond donors (Lipinski definition) is 1. The molecule has 4 heteroatoms. The van der Waals surface area contributed by atoms with Gasteiger partial charge >= 0.3 is 0 Å². The lowest BCUT2D eigenvalue weighted by molar-refractivity contribution is -0.685. The molecule has 0 amide bonds. The van der Waals surface area contributed by atoms with Crippen LogP contribution < -0.4 is 9.88 Å². The molecule has 1 aliphatic heterocycles. The highest BCUT2D eigenvalue weighted by molar-refractivity contribution is 6.30. The van der Waals surface area contributed by atoms with Crippen LogP contribution >= 0.6 is 23.2 Å². The number of nitrogens with zero attached hydrogens (tertiary/aromatic N) is 1. The largest absolute Gasteiger partial charge is 0.282 e. The molecule has 1 aliphatic rings. The summed E-state index contributed by atoms with van der Waals surface area (Å²) in [5, 5.41) is 5.05. The van der Waals surface area contributed by atoms with Gasteiger partial charge in [-0.3, -0.25) is 5.32 Å². The average Bonchev–Trinajstić information content (AvgIpc) is 2.62. The summed E-state index contributed by atoms with van der Waals surface area (Å²) in [5.74, 6) is 1.17. The van der Waals surface area contributed by atoms with Crippen LogP contribution in [0.3, 0.4) is 0 Å². The van der Waals surface area contributed by atoms with Crippen molar-refractivity contribution in [2.45, 2.75) is 13.0 Å². The van der Waals surface area contributed by atoms with Crippen molar-refractivity contribution in [2.75, 3.05) is 11.9 Å². The summed E-state index contributed by atoms with van der Waals surface area (Å²) in [6.45, 7) is 2.02. The molecule has 2 nitrogen and oxygen atoms in total. The lowest BCUT2D eigenvalue weighted by atomic mass is 10.00. The second kappa shape index (κ2) is 6.46. The van der Waals surface area contributed by atoms with Crippen LogP contribution in [0.5, 0.6) is 0 Å². The van der Waals surface area contributed by atoms with E-state index in [1.807, 2.05) is 24.3 Å². The summed E-state index contributed by atoms with van der Waals surface area (Å²) >= 11 is 12.1. The maximum absolute atomic E-state index is 6.05. The van der Waals surface area contributed by atoms with Crippen LogP contribution in [0, 0.1) is 0 Å². The van der Waals surface area contributed by atoms with Crippen molar-refractivity contribution in [3.63, 3.8) is 0 Å². The third-order valence-corrected chi connectivity index (χ3v) is 4.84. The zero-order valence-corrected chi connectivity index (χ0v) is 14.6. The number of fused-ring (bicyclic) bond motifs is 1. The van der Waals surface area contributed by atoms with Gasteiger partial charge in [0, 0.05) is 22.0 Å². The van der Waals surface area contributed by atoms with Gasteiger partial charge in [0.1, 0.15) is 0 Å². The van der Waals surface area contributed by atoms with Gasteiger partial charge in [0.05, 0.1) is 24.8 Å². The minimum absolute atomic E-state index is 0.752. The number of nitrogens with one attached hydrogen (secondary N) is 1. The third kappa shape index (κ3) is 3.00. The molecule has 1 aromatic heterocycles. The van der Waals surface area contributed by atoms with Gasteiger partial charge in [-0.2, -0.15) is 0 Å². The topological polar surface area (TPSA) is 15.9 Å². The van der Waals surface area contributed by atoms with Crippen molar-refractivity contribution in [1.29, 1.82) is 0 Å². The predicted octanol–water partition coefficient (Wildman–Crippen LogP) is 5.43. The summed E-state index contributed by atoms with van der Waals surface area (Å²) in [7, 11) is 0. The van der Waals surface area contributed by atoms with Crippen LogP contribution in [-0.2, 0) is 6.54 Å². The molecule has 0 fully saturated rings. The van der Waals surface area contributed by atoms with Gasteiger partial charge in [-0.15, -0.1) is 0 Å². The van der Waals surface area contributed by atoms with Gasteiger partial charge in [0.15, 0.2) is 0 Å². The number of aromatic nitrogens is 1. The Morgan fingerprint density at radius 3 is 2.08 bits per heavy atom. The summed E-state index contributed by atoms with van der Waals surface area (Å²) < 4.78 is 2.30. The molecule has 0 aliphatic carbocycles. The number of pyridine rings is 1. The van der Waals surface area contributed by atoms with Crippen LogP contribution in [0.15, 0.2) is 60.8 Å². The standard InChI is InChI=1S/C20H16Cl2N2/c21-17-6-2-14(3-7-17)16-12-19(15-4-8-18(22)9-5-15)20-23-10-1-11-24(20)13-16/h2-9,12-13H,1,10-11H2/p+1. The quantitative estimate of drug-likeness (QED) is 0.606. The van der Waals surface area contributed by atoms with E-state index in [2.05, 4.69) is 46.4 Å². The molecule has 0 spiro atoms. The highest BCUT2D eigenvalue weighted by Crippen LogP contribution is 2.32. The smallest absolute Gasteiger partial charge is 0.274 e. The van der Waals surface area contributed by atoms with Gasteiger partial charge in [0.2, 0.25) is 0 Å². The molecular formula is C20H17Cl2N2+. The van der Waals surface area contributed by atoms with Crippen molar-refractivity contribution in [1.82, 2.24) is 0 Å². The monoisotopic (exact) mass is 355 g/mol. The molecule has 0 bridgehead atoms. The minimum atomic E-state index is 0.752. The Morgan fingerprint density at radius 1 is 0.792 bits per heavy atom. The summed E-state index contributed by atoms with van der Waals surface area (Å²) in [6, 6.07) is 18.2. The molecule has 24 heavy (non-hydrogen) atoms. The number of halogens is 2. The van der Waals surface area contributed by atoms with E-state index in [-0.39, 0.29) is 0 Å². The van der Waals surface area contributed by atoms with Crippen LogP contribution in [0.4, 0.5) is 5.82 Å². The maximum atomic E-state index is 6.05. The Morgan fingerprint density at radius 2 is 1.42 bits per heavy atom. The lowest BCUT2D eigenvalue weighted by Crippen LogP contribution is -2.42. The molecule has 0 saturated carbocycles. The molecule has 4 rings (SSSR count). The summed E-state index contributed by atoms with van der Waals surface area (Å²) in [6.07, 6.45) is 3.34. The van der Waals surface area contributed by atoms with Gasteiger partial charge < -0.3 is 0 Å².